The van der Waals surface area contributed by atoms with Gasteiger partial charge in [0.05, 0.1) is 17.7 Å². The zero-order valence-electron chi connectivity index (χ0n) is 13.8. The number of nitrogens with one attached hydrogen (secondary N) is 1. The molecule has 1 heterocycles. The largest absolute Gasteiger partial charge is 0.444 e. The Bertz CT molecular complexity index is 644. The Hall–Kier alpha value is -1.56. The molecule has 0 radical (unpaired) electrons. The summed E-state index contributed by atoms with van der Waals surface area (Å²) in [6.45, 7) is 4.46. The molecule has 0 spiro atoms. The van der Waals surface area contributed by atoms with Crippen LogP contribution in [0.5, 0.6) is 0 Å². The highest BCUT2D eigenvalue weighted by Gasteiger charge is 2.26. The topological polar surface area (TPSA) is 81.1 Å². The second-order valence-corrected chi connectivity index (χ2v) is 6.00. The van der Waals surface area contributed by atoms with Crippen molar-refractivity contribution in [3.8, 4) is 11.5 Å². The number of aromatic nitrogens is 1. The second-order valence-electron chi connectivity index (χ2n) is 5.57. The molecule has 0 saturated heterocycles. The van der Waals surface area contributed by atoms with Crippen LogP contribution >= 0.6 is 24.0 Å². The van der Waals surface area contributed by atoms with Crippen LogP contribution in [0.15, 0.2) is 34.9 Å². The summed E-state index contributed by atoms with van der Waals surface area (Å²) in [7, 11) is 0. The van der Waals surface area contributed by atoms with E-state index in [1.807, 2.05) is 26.0 Å². The van der Waals surface area contributed by atoms with Gasteiger partial charge in [0.15, 0.2) is 0 Å². The van der Waals surface area contributed by atoms with E-state index in [2.05, 4.69) is 10.3 Å². The molecule has 7 heteroatoms. The van der Waals surface area contributed by atoms with E-state index in [1.54, 1.807) is 12.1 Å². The zero-order chi connectivity index (χ0) is 16.9. The Morgan fingerprint density at radius 1 is 1.29 bits per heavy atom. The van der Waals surface area contributed by atoms with E-state index in [1.165, 1.54) is 6.26 Å². The summed E-state index contributed by atoms with van der Waals surface area (Å²) < 4.78 is 5.44. The minimum Gasteiger partial charge on any atom is -0.444 e. The third-order valence-electron chi connectivity index (χ3n) is 4.13. The molecule has 0 bridgehead atoms. The van der Waals surface area contributed by atoms with Gasteiger partial charge in [0.1, 0.15) is 6.26 Å². The number of nitrogens with two attached hydrogens (primary N) is 1. The van der Waals surface area contributed by atoms with Gasteiger partial charge in [-0.3, -0.25) is 4.79 Å². The molecule has 24 heavy (non-hydrogen) atoms. The number of rotatable bonds is 7. The number of hydrogen-bond donors (Lipinski definition) is 2. The van der Waals surface area contributed by atoms with E-state index in [4.69, 9.17) is 21.8 Å². The Balaban J connectivity index is 0.00000288. The molecule has 1 amide bonds. The third-order valence-corrected chi connectivity index (χ3v) is 4.39. The maximum atomic E-state index is 12.2. The first kappa shape index (κ1) is 20.5. The molecule has 1 aromatic heterocycles. The molecule has 0 fully saturated rings. The molecule has 0 aliphatic rings. The SMILES string of the molecule is CCC(CC)(CN)NC(=O)Cc1coc(-c2ccc(Cl)cc2)n1.Cl. The predicted octanol–water partition coefficient (Wildman–Crippen LogP) is 3.59. The molecule has 2 rings (SSSR count). The first-order valence-corrected chi connectivity index (χ1v) is 8.11. The van der Waals surface area contributed by atoms with Gasteiger partial charge in [-0.2, -0.15) is 0 Å². The van der Waals surface area contributed by atoms with Crippen LogP contribution in [-0.2, 0) is 11.2 Å². The lowest BCUT2D eigenvalue weighted by Gasteiger charge is -2.31. The summed E-state index contributed by atoms with van der Waals surface area (Å²) in [6.07, 6.45) is 3.26. The summed E-state index contributed by atoms with van der Waals surface area (Å²) in [6, 6.07) is 7.19. The molecule has 0 unspecified atom stereocenters. The highest BCUT2D eigenvalue weighted by atomic mass is 35.5. The van der Waals surface area contributed by atoms with Crippen LogP contribution in [0.2, 0.25) is 5.02 Å². The van der Waals surface area contributed by atoms with Gasteiger partial charge in [0, 0.05) is 17.1 Å². The number of halogens is 2. The van der Waals surface area contributed by atoms with Crippen molar-refractivity contribution < 1.29 is 9.21 Å². The van der Waals surface area contributed by atoms with Crippen LogP contribution in [0.4, 0.5) is 0 Å². The smallest absolute Gasteiger partial charge is 0.226 e. The van der Waals surface area contributed by atoms with Gasteiger partial charge in [-0.25, -0.2) is 4.98 Å². The van der Waals surface area contributed by atoms with Crippen molar-refractivity contribution in [3.05, 3.63) is 41.2 Å². The summed E-state index contributed by atoms with van der Waals surface area (Å²) in [5, 5.41) is 3.67. The van der Waals surface area contributed by atoms with E-state index in [0.29, 0.717) is 23.2 Å². The number of hydrogen-bond acceptors (Lipinski definition) is 4. The number of benzene rings is 1. The third kappa shape index (κ3) is 4.97. The van der Waals surface area contributed by atoms with Crippen LogP contribution in [0.1, 0.15) is 32.4 Å². The molecule has 5 nitrogen and oxygen atoms in total. The first-order valence-electron chi connectivity index (χ1n) is 7.73. The fourth-order valence-corrected chi connectivity index (χ4v) is 2.51. The highest BCUT2D eigenvalue weighted by Crippen LogP contribution is 2.21. The Labute approximate surface area is 153 Å². The quantitative estimate of drug-likeness (QED) is 0.778. The average Bonchev–Trinajstić information content (AvgIpc) is 3.02. The fourth-order valence-electron chi connectivity index (χ4n) is 2.38. The van der Waals surface area contributed by atoms with Gasteiger partial charge in [-0.15, -0.1) is 12.4 Å². The van der Waals surface area contributed by atoms with E-state index < -0.39 is 0 Å². The molecule has 2 aromatic rings. The highest BCUT2D eigenvalue weighted by molar-refractivity contribution is 6.30. The van der Waals surface area contributed by atoms with Crippen LogP contribution in [0.25, 0.3) is 11.5 Å². The van der Waals surface area contributed by atoms with Gasteiger partial charge in [-0.1, -0.05) is 25.4 Å². The van der Waals surface area contributed by atoms with Gasteiger partial charge in [0.25, 0.3) is 0 Å². The van der Waals surface area contributed by atoms with Gasteiger partial charge < -0.3 is 15.5 Å². The minimum atomic E-state index is -0.347. The van der Waals surface area contributed by atoms with Crippen LogP contribution in [0.3, 0.4) is 0 Å². The monoisotopic (exact) mass is 371 g/mol. The van der Waals surface area contributed by atoms with Crippen molar-refractivity contribution in [1.29, 1.82) is 0 Å². The molecule has 3 N–H and O–H groups in total. The van der Waals surface area contributed by atoms with E-state index >= 15 is 0 Å². The lowest BCUT2D eigenvalue weighted by molar-refractivity contribution is -0.122. The molecule has 132 valence electrons. The summed E-state index contributed by atoms with van der Waals surface area (Å²) in [5.74, 6) is 0.371. The van der Waals surface area contributed by atoms with Gasteiger partial charge >= 0.3 is 0 Å². The van der Waals surface area contributed by atoms with Crippen molar-refractivity contribution in [2.75, 3.05) is 6.54 Å². The van der Waals surface area contributed by atoms with Crippen LogP contribution < -0.4 is 11.1 Å². The Morgan fingerprint density at radius 3 is 2.46 bits per heavy atom. The van der Waals surface area contributed by atoms with Crippen LogP contribution in [-0.4, -0.2) is 23.0 Å². The van der Waals surface area contributed by atoms with Crippen LogP contribution in [0, 0.1) is 0 Å². The van der Waals surface area contributed by atoms with Crippen molar-refractivity contribution in [2.45, 2.75) is 38.6 Å². The maximum absolute atomic E-state index is 12.2. The summed E-state index contributed by atoms with van der Waals surface area (Å²) >= 11 is 5.86. The predicted molar refractivity (Wildman–Crippen MR) is 98.4 cm³/mol. The van der Waals surface area contributed by atoms with Gasteiger partial charge in [0.2, 0.25) is 11.8 Å². The average molecular weight is 372 g/mol. The lowest BCUT2D eigenvalue weighted by Crippen LogP contribution is -2.53. The number of amides is 1. The van der Waals surface area contributed by atoms with Crippen molar-refractivity contribution in [3.63, 3.8) is 0 Å². The molecule has 0 atom stereocenters. The summed E-state index contributed by atoms with van der Waals surface area (Å²) in [4.78, 5) is 16.6. The molecule has 1 aromatic carbocycles. The van der Waals surface area contributed by atoms with Crippen molar-refractivity contribution >= 4 is 29.9 Å². The molecular formula is C17H23Cl2N3O2. The fraction of sp³-hybridized carbons (Fsp3) is 0.412. The molecular weight excluding hydrogens is 349 g/mol. The number of carbonyl (C=O) groups is 1. The van der Waals surface area contributed by atoms with E-state index in [9.17, 15) is 4.79 Å². The van der Waals surface area contributed by atoms with Crippen molar-refractivity contribution in [2.24, 2.45) is 5.73 Å². The zero-order valence-corrected chi connectivity index (χ0v) is 15.4. The first-order chi connectivity index (χ1) is 11.0. The summed E-state index contributed by atoms with van der Waals surface area (Å²) in [5.41, 5.74) is 6.86. The number of oxazole rings is 1. The standard InChI is InChI=1S/C17H22ClN3O2.ClH/c1-3-17(4-2,11-19)21-15(22)9-14-10-23-16(20-14)12-5-7-13(18)8-6-12;/h5-8,10H,3-4,9,11,19H2,1-2H3,(H,21,22);1H. The lowest BCUT2D eigenvalue weighted by atomic mass is 9.92. The Kier molecular flexibility index (Phi) is 7.73. The normalized spacial score (nSPS) is 11.0. The van der Waals surface area contributed by atoms with Gasteiger partial charge in [-0.05, 0) is 37.1 Å². The maximum Gasteiger partial charge on any atom is 0.226 e. The number of carbonyl (C=O) groups excluding carboxylic acids is 1. The Morgan fingerprint density at radius 2 is 1.92 bits per heavy atom. The number of nitrogens with zero attached hydrogens (tertiary/aromatic N) is 1. The second kappa shape index (κ2) is 9.06. The van der Waals surface area contributed by atoms with E-state index in [0.717, 1.165) is 18.4 Å². The molecule has 0 aliphatic heterocycles. The van der Waals surface area contributed by atoms with E-state index in [-0.39, 0.29) is 30.3 Å². The molecule has 0 saturated carbocycles. The van der Waals surface area contributed by atoms with Crippen molar-refractivity contribution in [1.82, 2.24) is 10.3 Å². The minimum absolute atomic E-state index is 0. The molecule has 0 aliphatic carbocycles.